The molecule has 0 radical (unpaired) electrons. The Morgan fingerprint density at radius 3 is 2.88 bits per heavy atom. The maximum atomic E-state index is 6.17. The maximum Gasteiger partial charge on any atom is 0.0998 e. The van der Waals surface area contributed by atoms with Gasteiger partial charge >= 0.3 is 0 Å². The van der Waals surface area contributed by atoms with E-state index >= 15 is 0 Å². The molecule has 0 unspecified atom stereocenters. The van der Waals surface area contributed by atoms with Gasteiger partial charge in [-0.15, -0.1) is 0 Å². The summed E-state index contributed by atoms with van der Waals surface area (Å²) in [5.41, 5.74) is 4.43. The summed E-state index contributed by atoms with van der Waals surface area (Å²) in [4.78, 5) is 7.29. The number of rotatable bonds is 2. The summed E-state index contributed by atoms with van der Waals surface area (Å²) in [6.07, 6.45) is 5.42. The quantitative estimate of drug-likeness (QED) is 0.786. The summed E-state index contributed by atoms with van der Waals surface area (Å²) in [5, 5.41) is 0. The van der Waals surface area contributed by atoms with Crippen molar-refractivity contribution >= 4 is 0 Å². The van der Waals surface area contributed by atoms with E-state index in [0.717, 1.165) is 43.7 Å². The molecule has 2 aliphatic rings. The standard InChI is InChI=1S/C22H24N2O/c1-2-12-24-13-14-25-22-19-15-18(9-8-17-6-4-3-5-7-17)16-23-20(19)10-11-21(22)24/h3-7,15-16,21-22H,2,10-14H2,1H3/t21-,22+/m0/s1. The second kappa shape index (κ2) is 7.39. The summed E-state index contributed by atoms with van der Waals surface area (Å²) in [6, 6.07) is 12.8. The first kappa shape index (κ1) is 16.3. The molecule has 0 N–H and O–H groups in total. The lowest BCUT2D eigenvalue weighted by molar-refractivity contribution is -0.0805. The van der Waals surface area contributed by atoms with Crippen molar-refractivity contribution in [3.8, 4) is 11.8 Å². The fraction of sp³-hybridized carbons (Fsp3) is 0.409. The Kier molecular flexibility index (Phi) is 4.83. The fourth-order valence-corrected chi connectivity index (χ4v) is 3.95. The Bertz CT molecular complexity index is 789. The van der Waals surface area contributed by atoms with Gasteiger partial charge in [0.05, 0.1) is 12.7 Å². The third kappa shape index (κ3) is 3.46. The van der Waals surface area contributed by atoms with E-state index < -0.39 is 0 Å². The van der Waals surface area contributed by atoms with Gasteiger partial charge in [0.15, 0.2) is 0 Å². The van der Waals surface area contributed by atoms with Gasteiger partial charge in [-0.05, 0) is 44.0 Å². The van der Waals surface area contributed by atoms with Crippen LogP contribution in [-0.4, -0.2) is 35.6 Å². The lowest BCUT2D eigenvalue weighted by Gasteiger charge is -2.44. The predicted octanol–water partition coefficient (Wildman–Crippen LogP) is 3.58. The van der Waals surface area contributed by atoms with E-state index in [0.29, 0.717) is 6.04 Å². The fourth-order valence-electron chi connectivity index (χ4n) is 3.95. The topological polar surface area (TPSA) is 25.4 Å². The van der Waals surface area contributed by atoms with Gasteiger partial charge in [0.1, 0.15) is 0 Å². The normalized spacial score (nSPS) is 22.4. The van der Waals surface area contributed by atoms with E-state index in [9.17, 15) is 0 Å². The van der Waals surface area contributed by atoms with Crippen molar-refractivity contribution in [1.29, 1.82) is 0 Å². The molecule has 1 aliphatic heterocycles. The molecule has 4 rings (SSSR count). The van der Waals surface area contributed by atoms with Crippen molar-refractivity contribution in [2.24, 2.45) is 0 Å². The molecule has 1 fully saturated rings. The Morgan fingerprint density at radius 2 is 2.04 bits per heavy atom. The molecule has 1 aromatic carbocycles. The van der Waals surface area contributed by atoms with Gasteiger partial charge in [0.25, 0.3) is 0 Å². The molecule has 3 nitrogen and oxygen atoms in total. The zero-order valence-electron chi connectivity index (χ0n) is 14.7. The number of hydrogen-bond donors (Lipinski definition) is 0. The highest BCUT2D eigenvalue weighted by Gasteiger charge is 2.37. The van der Waals surface area contributed by atoms with Crippen molar-refractivity contribution in [3.63, 3.8) is 0 Å². The van der Waals surface area contributed by atoms with E-state index in [4.69, 9.17) is 9.72 Å². The number of ether oxygens (including phenoxy) is 1. The van der Waals surface area contributed by atoms with E-state index in [-0.39, 0.29) is 6.10 Å². The minimum absolute atomic E-state index is 0.148. The van der Waals surface area contributed by atoms with Crippen LogP contribution in [-0.2, 0) is 11.2 Å². The average molecular weight is 332 g/mol. The van der Waals surface area contributed by atoms with Crippen LogP contribution in [0.5, 0.6) is 0 Å². The number of benzene rings is 1. The highest BCUT2D eigenvalue weighted by Crippen LogP contribution is 2.37. The zero-order valence-corrected chi connectivity index (χ0v) is 14.7. The van der Waals surface area contributed by atoms with Crippen LogP contribution in [0.4, 0.5) is 0 Å². The van der Waals surface area contributed by atoms with Crippen molar-refractivity contribution in [3.05, 3.63) is 65.0 Å². The monoisotopic (exact) mass is 332 g/mol. The first-order valence-corrected chi connectivity index (χ1v) is 9.26. The van der Waals surface area contributed by atoms with Crippen LogP contribution in [0.25, 0.3) is 0 Å². The molecule has 0 spiro atoms. The number of morpholine rings is 1. The smallest absolute Gasteiger partial charge is 0.0998 e. The molecule has 25 heavy (non-hydrogen) atoms. The molecule has 128 valence electrons. The maximum absolute atomic E-state index is 6.17. The molecular formula is C22H24N2O. The largest absolute Gasteiger partial charge is 0.370 e. The third-order valence-electron chi connectivity index (χ3n) is 5.12. The molecular weight excluding hydrogens is 308 g/mol. The van der Waals surface area contributed by atoms with Gasteiger partial charge in [-0.1, -0.05) is 37.0 Å². The van der Waals surface area contributed by atoms with Crippen LogP contribution in [0.3, 0.4) is 0 Å². The van der Waals surface area contributed by atoms with Gasteiger partial charge in [-0.25, -0.2) is 0 Å². The van der Waals surface area contributed by atoms with E-state index in [1.807, 2.05) is 36.5 Å². The second-order valence-electron chi connectivity index (χ2n) is 6.81. The van der Waals surface area contributed by atoms with Crippen LogP contribution < -0.4 is 0 Å². The van der Waals surface area contributed by atoms with E-state index in [1.54, 1.807) is 0 Å². The summed E-state index contributed by atoms with van der Waals surface area (Å²) in [6.45, 7) is 5.26. The zero-order chi connectivity index (χ0) is 17.1. The summed E-state index contributed by atoms with van der Waals surface area (Å²) < 4.78 is 6.17. The number of fused-ring (bicyclic) bond motifs is 3. The Balaban J connectivity index is 1.62. The van der Waals surface area contributed by atoms with Crippen molar-refractivity contribution in [1.82, 2.24) is 9.88 Å². The second-order valence-corrected chi connectivity index (χ2v) is 6.81. The molecule has 2 atom stereocenters. The molecule has 0 saturated carbocycles. The van der Waals surface area contributed by atoms with E-state index in [2.05, 4.69) is 29.7 Å². The van der Waals surface area contributed by atoms with Crippen LogP contribution in [0.2, 0.25) is 0 Å². The summed E-state index contributed by atoms with van der Waals surface area (Å²) in [5.74, 6) is 6.49. The minimum Gasteiger partial charge on any atom is -0.370 e. The SMILES string of the molecule is CCCN1CCO[C@@H]2c3cc(C#Cc4ccccc4)cnc3CC[C@@H]21. The third-order valence-corrected chi connectivity index (χ3v) is 5.12. The van der Waals surface area contributed by atoms with Crippen LogP contribution in [0, 0.1) is 11.8 Å². The summed E-state index contributed by atoms with van der Waals surface area (Å²) in [7, 11) is 0. The summed E-state index contributed by atoms with van der Waals surface area (Å²) >= 11 is 0. The number of aromatic nitrogens is 1. The van der Waals surface area contributed by atoms with Crippen molar-refractivity contribution in [2.75, 3.05) is 19.7 Å². The van der Waals surface area contributed by atoms with Crippen LogP contribution >= 0.6 is 0 Å². The van der Waals surface area contributed by atoms with Gasteiger partial charge in [0.2, 0.25) is 0 Å². The Morgan fingerprint density at radius 1 is 1.20 bits per heavy atom. The average Bonchev–Trinajstić information content (AvgIpc) is 2.67. The van der Waals surface area contributed by atoms with Crippen LogP contribution in [0.1, 0.15) is 48.3 Å². The predicted molar refractivity (Wildman–Crippen MR) is 99.3 cm³/mol. The minimum atomic E-state index is 0.148. The molecule has 1 aliphatic carbocycles. The molecule has 3 heteroatoms. The van der Waals surface area contributed by atoms with Crippen molar-refractivity contribution < 1.29 is 4.74 Å². The van der Waals surface area contributed by atoms with E-state index in [1.165, 1.54) is 17.7 Å². The number of aryl methyl sites for hydroxylation is 1. The molecule has 2 aromatic rings. The van der Waals surface area contributed by atoms with Gasteiger partial charge in [-0.3, -0.25) is 9.88 Å². The number of pyridine rings is 1. The van der Waals surface area contributed by atoms with Gasteiger partial charge in [0, 0.05) is 41.2 Å². The molecule has 1 aromatic heterocycles. The lowest BCUT2D eigenvalue weighted by Crippen LogP contribution is -2.49. The number of nitrogens with zero attached hydrogens (tertiary/aromatic N) is 2. The Labute approximate surface area is 150 Å². The number of hydrogen-bond acceptors (Lipinski definition) is 3. The van der Waals surface area contributed by atoms with Crippen LogP contribution in [0.15, 0.2) is 42.6 Å². The highest BCUT2D eigenvalue weighted by atomic mass is 16.5. The molecule has 0 amide bonds. The molecule has 1 saturated heterocycles. The lowest BCUT2D eigenvalue weighted by atomic mass is 9.86. The van der Waals surface area contributed by atoms with Crippen molar-refractivity contribution in [2.45, 2.75) is 38.3 Å². The first-order chi connectivity index (χ1) is 12.3. The van der Waals surface area contributed by atoms with Gasteiger partial charge in [-0.2, -0.15) is 0 Å². The Hall–Kier alpha value is -2.15. The van der Waals surface area contributed by atoms with Gasteiger partial charge < -0.3 is 4.74 Å². The highest BCUT2D eigenvalue weighted by molar-refractivity contribution is 5.44. The first-order valence-electron chi connectivity index (χ1n) is 9.26. The molecule has 2 heterocycles. The molecule has 0 bridgehead atoms.